The molecule has 0 amide bonds. The average Bonchev–Trinajstić information content (AvgIpc) is 2.56. The Kier molecular flexibility index (Phi) is 2.63. The highest BCUT2D eigenvalue weighted by Crippen LogP contribution is 2.57. The second-order valence-corrected chi connectivity index (χ2v) is 6.53. The van der Waals surface area contributed by atoms with Crippen LogP contribution in [0.15, 0.2) is 0 Å². The van der Waals surface area contributed by atoms with E-state index in [-0.39, 0.29) is 11.0 Å². The van der Waals surface area contributed by atoms with Crippen LogP contribution in [0.5, 0.6) is 0 Å². The number of hydrogen-bond acceptors (Lipinski definition) is 2. The minimum absolute atomic E-state index is 0.0990. The quantitative estimate of drug-likeness (QED) is 0.653. The molecule has 4 atom stereocenters. The van der Waals surface area contributed by atoms with Crippen LogP contribution in [0.3, 0.4) is 0 Å². The van der Waals surface area contributed by atoms with Gasteiger partial charge < -0.3 is 5.21 Å². The van der Waals surface area contributed by atoms with Crippen molar-refractivity contribution in [1.29, 1.82) is 0 Å². The lowest BCUT2D eigenvalue weighted by Crippen LogP contribution is -2.59. The van der Waals surface area contributed by atoms with Crippen LogP contribution in [0.1, 0.15) is 53.4 Å². The molecule has 2 aliphatic carbocycles. The maximum atomic E-state index is 9.42. The first-order valence-electron chi connectivity index (χ1n) is 6.33. The van der Waals surface area contributed by atoms with Crippen LogP contribution < -0.4 is 5.48 Å². The van der Waals surface area contributed by atoms with Crippen molar-refractivity contribution in [2.75, 3.05) is 0 Å². The number of hydroxylamine groups is 1. The molecule has 2 unspecified atom stereocenters. The van der Waals surface area contributed by atoms with Crippen molar-refractivity contribution in [3.8, 4) is 0 Å². The van der Waals surface area contributed by atoms with Gasteiger partial charge in [-0.1, -0.05) is 27.2 Å². The van der Waals surface area contributed by atoms with E-state index in [1.165, 1.54) is 19.3 Å². The Morgan fingerprint density at radius 3 is 2.40 bits per heavy atom. The SMILES string of the molecule is CC1CC[C@@H]2C1CC[C@](C)(NO)C2(C)C. The summed E-state index contributed by atoms with van der Waals surface area (Å²) in [5.74, 6) is 2.56. The fourth-order valence-electron chi connectivity index (χ4n) is 4.04. The molecule has 0 heterocycles. The van der Waals surface area contributed by atoms with Gasteiger partial charge in [-0.25, -0.2) is 0 Å². The lowest BCUT2D eigenvalue weighted by molar-refractivity contribution is -0.0805. The fraction of sp³-hybridized carbons (Fsp3) is 1.00. The van der Waals surface area contributed by atoms with Gasteiger partial charge in [0.25, 0.3) is 0 Å². The molecule has 2 nitrogen and oxygen atoms in total. The van der Waals surface area contributed by atoms with E-state index in [4.69, 9.17) is 0 Å². The van der Waals surface area contributed by atoms with Gasteiger partial charge in [0.1, 0.15) is 0 Å². The largest absolute Gasteiger partial charge is 0.316 e. The predicted molar refractivity (Wildman–Crippen MR) is 61.7 cm³/mol. The van der Waals surface area contributed by atoms with Gasteiger partial charge in [-0.3, -0.25) is 0 Å². The Bertz CT molecular complexity index is 251. The first-order valence-corrected chi connectivity index (χ1v) is 6.33. The van der Waals surface area contributed by atoms with Gasteiger partial charge in [0.05, 0.1) is 0 Å². The average molecular weight is 211 g/mol. The Morgan fingerprint density at radius 1 is 1.13 bits per heavy atom. The minimum Gasteiger partial charge on any atom is -0.316 e. The van der Waals surface area contributed by atoms with Crippen LogP contribution in [0, 0.1) is 23.2 Å². The van der Waals surface area contributed by atoms with Crippen LogP contribution in [0.2, 0.25) is 0 Å². The highest BCUT2D eigenvalue weighted by molar-refractivity contribution is 5.07. The molecule has 0 aromatic carbocycles. The predicted octanol–water partition coefficient (Wildman–Crippen LogP) is 3.21. The third-order valence-corrected chi connectivity index (χ3v) is 5.75. The van der Waals surface area contributed by atoms with Crippen LogP contribution in [-0.4, -0.2) is 10.7 Å². The highest BCUT2D eigenvalue weighted by atomic mass is 16.5. The molecule has 2 saturated carbocycles. The third-order valence-electron chi connectivity index (χ3n) is 5.75. The monoisotopic (exact) mass is 211 g/mol. The molecule has 15 heavy (non-hydrogen) atoms. The lowest BCUT2D eigenvalue weighted by atomic mass is 9.55. The molecule has 88 valence electrons. The first kappa shape index (κ1) is 11.4. The molecular formula is C13H25NO. The van der Waals surface area contributed by atoms with Crippen molar-refractivity contribution in [2.24, 2.45) is 23.2 Å². The summed E-state index contributed by atoms with van der Waals surface area (Å²) in [7, 11) is 0. The first-order chi connectivity index (χ1) is 6.92. The van der Waals surface area contributed by atoms with Crippen molar-refractivity contribution < 1.29 is 5.21 Å². The van der Waals surface area contributed by atoms with E-state index in [2.05, 4.69) is 33.2 Å². The normalized spacial score (nSPS) is 49.0. The summed E-state index contributed by atoms with van der Waals surface area (Å²) in [6.07, 6.45) is 5.09. The topological polar surface area (TPSA) is 32.3 Å². The maximum absolute atomic E-state index is 9.42. The van der Waals surface area contributed by atoms with E-state index >= 15 is 0 Å². The van der Waals surface area contributed by atoms with Crippen molar-refractivity contribution in [2.45, 2.75) is 58.9 Å². The third kappa shape index (κ3) is 1.45. The van der Waals surface area contributed by atoms with Gasteiger partial charge in [0.15, 0.2) is 0 Å². The molecule has 2 aliphatic rings. The summed E-state index contributed by atoms with van der Waals surface area (Å²) in [6, 6.07) is 0. The highest BCUT2D eigenvalue weighted by Gasteiger charge is 2.54. The summed E-state index contributed by atoms with van der Waals surface area (Å²) in [5, 5.41) is 9.42. The standard InChI is InChI=1S/C13H25NO/c1-9-5-6-11-10(9)7-8-13(4,14-15)12(11,2)3/h9-11,14-15H,5-8H2,1-4H3/t9?,10?,11-,13+/m1/s1. The molecule has 0 aromatic heterocycles. The van der Waals surface area contributed by atoms with Crippen LogP contribution in [-0.2, 0) is 0 Å². The Hall–Kier alpha value is -0.0800. The zero-order valence-corrected chi connectivity index (χ0v) is 10.5. The van der Waals surface area contributed by atoms with E-state index in [0.717, 1.165) is 24.2 Å². The number of rotatable bonds is 1. The van der Waals surface area contributed by atoms with Gasteiger partial charge in [-0.05, 0) is 49.4 Å². The van der Waals surface area contributed by atoms with Crippen LogP contribution in [0.25, 0.3) is 0 Å². The summed E-state index contributed by atoms with van der Waals surface area (Å²) < 4.78 is 0. The summed E-state index contributed by atoms with van der Waals surface area (Å²) in [4.78, 5) is 0. The van der Waals surface area contributed by atoms with Gasteiger partial charge in [0.2, 0.25) is 0 Å². The summed E-state index contributed by atoms with van der Waals surface area (Å²) in [5.41, 5.74) is 2.70. The second kappa shape index (κ2) is 3.46. The lowest BCUT2D eigenvalue weighted by Gasteiger charge is -2.54. The van der Waals surface area contributed by atoms with Gasteiger partial charge in [0, 0.05) is 5.54 Å². The number of fused-ring (bicyclic) bond motifs is 1. The zero-order valence-electron chi connectivity index (χ0n) is 10.5. The van der Waals surface area contributed by atoms with E-state index in [1.807, 2.05) is 0 Å². The molecule has 2 rings (SSSR count). The van der Waals surface area contributed by atoms with Crippen molar-refractivity contribution in [1.82, 2.24) is 5.48 Å². The van der Waals surface area contributed by atoms with E-state index < -0.39 is 0 Å². The molecule has 0 radical (unpaired) electrons. The van der Waals surface area contributed by atoms with E-state index in [9.17, 15) is 5.21 Å². The van der Waals surface area contributed by atoms with Gasteiger partial charge in [-0.15, -0.1) is 0 Å². The maximum Gasteiger partial charge on any atom is 0.0455 e. The van der Waals surface area contributed by atoms with E-state index in [0.29, 0.717) is 0 Å². The van der Waals surface area contributed by atoms with Gasteiger partial charge in [-0.2, -0.15) is 5.48 Å². The van der Waals surface area contributed by atoms with Crippen LogP contribution >= 0.6 is 0 Å². The van der Waals surface area contributed by atoms with Crippen molar-refractivity contribution >= 4 is 0 Å². The summed E-state index contributed by atoms with van der Waals surface area (Å²) in [6.45, 7) is 9.22. The Labute approximate surface area is 93.4 Å². The van der Waals surface area contributed by atoms with E-state index in [1.54, 1.807) is 0 Å². The molecule has 0 spiro atoms. The second-order valence-electron chi connectivity index (χ2n) is 6.53. The Balaban J connectivity index is 2.27. The molecule has 2 fully saturated rings. The summed E-state index contributed by atoms with van der Waals surface area (Å²) >= 11 is 0. The molecule has 0 aliphatic heterocycles. The molecule has 2 heteroatoms. The molecule has 0 aromatic rings. The smallest absolute Gasteiger partial charge is 0.0455 e. The molecule has 0 saturated heterocycles. The fourth-order valence-corrected chi connectivity index (χ4v) is 4.04. The zero-order chi connectivity index (χ0) is 11.3. The number of hydrogen-bond donors (Lipinski definition) is 2. The molecular weight excluding hydrogens is 186 g/mol. The number of nitrogens with one attached hydrogen (secondary N) is 1. The van der Waals surface area contributed by atoms with Crippen molar-refractivity contribution in [3.63, 3.8) is 0 Å². The minimum atomic E-state index is -0.0990. The Morgan fingerprint density at radius 2 is 1.80 bits per heavy atom. The molecule has 2 N–H and O–H groups in total. The van der Waals surface area contributed by atoms with Crippen LogP contribution in [0.4, 0.5) is 0 Å². The molecule has 0 bridgehead atoms. The van der Waals surface area contributed by atoms with Crippen molar-refractivity contribution in [3.05, 3.63) is 0 Å². The van der Waals surface area contributed by atoms with Gasteiger partial charge >= 0.3 is 0 Å².